The van der Waals surface area contributed by atoms with Crippen molar-refractivity contribution in [3.8, 4) is 0 Å². The lowest BCUT2D eigenvalue weighted by atomic mass is 9.67. The largest absolute Gasteiger partial charge is 0.369 e. The summed E-state index contributed by atoms with van der Waals surface area (Å²) < 4.78 is 16.9. The summed E-state index contributed by atoms with van der Waals surface area (Å²) in [5.41, 5.74) is 5.90. The van der Waals surface area contributed by atoms with Gasteiger partial charge in [-0.25, -0.2) is 14.1 Å². The molecule has 2 heterocycles. The topological polar surface area (TPSA) is 88.5 Å². The van der Waals surface area contributed by atoms with Gasteiger partial charge in [0.2, 0.25) is 5.91 Å². The molecule has 1 amide bonds. The number of nitrogens with one attached hydrogen (secondary N) is 1. The first-order valence-electron chi connectivity index (χ1n) is 10.4. The van der Waals surface area contributed by atoms with Crippen LogP contribution in [0.3, 0.4) is 0 Å². The molecule has 1 atom stereocenters. The number of anilines is 2. The Labute approximate surface area is 186 Å². The van der Waals surface area contributed by atoms with Gasteiger partial charge in [0.25, 0.3) is 0 Å². The molecule has 4 rings (SSSR count). The van der Waals surface area contributed by atoms with E-state index in [1.165, 1.54) is 11.0 Å². The highest BCUT2D eigenvalue weighted by molar-refractivity contribution is 6.01. The van der Waals surface area contributed by atoms with Crippen molar-refractivity contribution in [2.24, 2.45) is 16.1 Å². The second-order valence-corrected chi connectivity index (χ2v) is 8.71. The third-order valence-corrected chi connectivity index (χ3v) is 6.39. The van der Waals surface area contributed by atoms with Gasteiger partial charge in [-0.1, -0.05) is 30.3 Å². The van der Waals surface area contributed by atoms with E-state index in [0.717, 1.165) is 11.4 Å². The second kappa shape index (κ2) is 7.78. The van der Waals surface area contributed by atoms with E-state index in [1.54, 1.807) is 46.1 Å². The van der Waals surface area contributed by atoms with Crippen LogP contribution in [0, 0.1) is 11.2 Å². The number of aliphatic imine (C=N–C) groups is 1. The van der Waals surface area contributed by atoms with E-state index in [0.29, 0.717) is 17.8 Å². The van der Waals surface area contributed by atoms with Crippen LogP contribution in [0.15, 0.2) is 65.8 Å². The molecule has 2 aromatic carbocycles. The Kier molecular flexibility index (Phi) is 5.24. The van der Waals surface area contributed by atoms with Gasteiger partial charge in [-0.15, -0.1) is 0 Å². The van der Waals surface area contributed by atoms with Crippen LogP contribution in [0.1, 0.15) is 31.9 Å². The number of rotatable bonds is 5. The van der Waals surface area contributed by atoms with Crippen LogP contribution in [-0.2, 0) is 16.9 Å². The standard InChI is InChI=1S/C24H27FN6O/c1-23(2)21(32)30(4)22(26)29-24(23,3)18-14-17(10-11-19(18)25)28-20-12-13-27-31(20)15-16-8-6-5-7-9-16/h5-14,28H,15H2,1-4H3,(H2,26,29). The maximum atomic E-state index is 15.1. The summed E-state index contributed by atoms with van der Waals surface area (Å²) in [5, 5.41) is 7.71. The number of halogens is 1. The number of guanidine groups is 1. The van der Waals surface area contributed by atoms with Crippen LogP contribution in [-0.4, -0.2) is 33.6 Å². The molecule has 0 spiro atoms. The van der Waals surface area contributed by atoms with Crippen molar-refractivity contribution in [3.05, 3.63) is 77.7 Å². The Morgan fingerprint density at radius 3 is 2.53 bits per heavy atom. The van der Waals surface area contributed by atoms with E-state index in [9.17, 15) is 4.79 Å². The van der Waals surface area contributed by atoms with Crippen LogP contribution >= 0.6 is 0 Å². The van der Waals surface area contributed by atoms with Crippen LogP contribution in [0.25, 0.3) is 0 Å². The number of aromatic nitrogens is 2. The molecule has 3 N–H and O–H groups in total. The lowest BCUT2D eigenvalue weighted by Crippen LogP contribution is -2.58. The maximum Gasteiger partial charge on any atom is 0.237 e. The second-order valence-electron chi connectivity index (χ2n) is 8.71. The molecule has 8 heteroatoms. The first-order valence-corrected chi connectivity index (χ1v) is 10.4. The summed E-state index contributed by atoms with van der Waals surface area (Å²) in [5.74, 6) is 0.165. The van der Waals surface area contributed by atoms with Crippen molar-refractivity contribution in [2.45, 2.75) is 32.9 Å². The van der Waals surface area contributed by atoms with Crippen molar-refractivity contribution < 1.29 is 9.18 Å². The Morgan fingerprint density at radius 1 is 1.09 bits per heavy atom. The number of amides is 1. The SMILES string of the molecule is CN1C(=O)C(C)(C)C(C)(c2cc(Nc3ccnn3Cc3ccccc3)ccc2F)N=C1N. The highest BCUT2D eigenvalue weighted by atomic mass is 19.1. The fourth-order valence-corrected chi connectivity index (χ4v) is 4.02. The van der Waals surface area contributed by atoms with Gasteiger partial charge in [-0.05, 0) is 44.5 Å². The van der Waals surface area contributed by atoms with Crippen LogP contribution < -0.4 is 11.1 Å². The minimum atomic E-state index is -1.17. The Balaban J connectivity index is 1.69. The molecular formula is C24H27FN6O. The third kappa shape index (κ3) is 3.51. The maximum absolute atomic E-state index is 15.1. The van der Waals surface area contributed by atoms with Gasteiger partial charge in [0.15, 0.2) is 5.96 Å². The van der Waals surface area contributed by atoms with Crippen molar-refractivity contribution >= 4 is 23.4 Å². The number of carbonyl (C=O) groups is 1. The Hall–Kier alpha value is -3.68. The average Bonchev–Trinajstić information content (AvgIpc) is 3.19. The van der Waals surface area contributed by atoms with Gasteiger partial charge < -0.3 is 11.1 Å². The van der Waals surface area contributed by atoms with Crippen LogP contribution in [0.2, 0.25) is 0 Å². The minimum absolute atomic E-state index is 0.0653. The molecule has 0 radical (unpaired) electrons. The van der Waals surface area contributed by atoms with Gasteiger partial charge in [-0.2, -0.15) is 5.10 Å². The zero-order chi connectivity index (χ0) is 23.1. The lowest BCUT2D eigenvalue weighted by molar-refractivity contribution is -0.140. The van der Waals surface area contributed by atoms with Crippen molar-refractivity contribution in [1.29, 1.82) is 0 Å². The van der Waals surface area contributed by atoms with Gasteiger partial charge in [0, 0.05) is 24.4 Å². The fraction of sp³-hybridized carbons (Fsp3) is 0.292. The summed E-state index contributed by atoms with van der Waals surface area (Å²) in [6.45, 7) is 5.86. The average molecular weight is 435 g/mol. The van der Waals surface area contributed by atoms with E-state index in [4.69, 9.17) is 5.73 Å². The molecule has 166 valence electrons. The predicted molar refractivity (Wildman–Crippen MR) is 123 cm³/mol. The molecule has 0 bridgehead atoms. The summed E-state index contributed by atoms with van der Waals surface area (Å²) in [6.07, 6.45) is 1.71. The van der Waals surface area contributed by atoms with E-state index in [-0.39, 0.29) is 11.9 Å². The molecule has 0 aliphatic carbocycles. The van der Waals surface area contributed by atoms with Crippen molar-refractivity contribution in [2.75, 3.05) is 12.4 Å². The van der Waals surface area contributed by atoms with E-state index in [2.05, 4.69) is 15.4 Å². The molecule has 7 nitrogen and oxygen atoms in total. The van der Waals surface area contributed by atoms with E-state index < -0.39 is 16.8 Å². The molecule has 0 saturated heterocycles. The third-order valence-electron chi connectivity index (χ3n) is 6.39. The molecule has 32 heavy (non-hydrogen) atoms. The van der Waals surface area contributed by atoms with Crippen molar-refractivity contribution in [1.82, 2.24) is 14.7 Å². The summed E-state index contributed by atoms with van der Waals surface area (Å²) in [6, 6.07) is 16.6. The summed E-state index contributed by atoms with van der Waals surface area (Å²) in [7, 11) is 1.57. The van der Waals surface area contributed by atoms with Gasteiger partial charge in [0.05, 0.1) is 18.2 Å². The highest BCUT2D eigenvalue weighted by Crippen LogP contribution is 2.47. The number of hydrogen-bond donors (Lipinski definition) is 2. The van der Waals surface area contributed by atoms with Gasteiger partial charge >= 0.3 is 0 Å². The number of nitrogens with two attached hydrogens (primary N) is 1. The monoisotopic (exact) mass is 434 g/mol. The molecule has 1 aliphatic rings. The summed E-state index contributed by atoms with van der Waals surface area (Å²) in [4.78, 5) is 18.8. The van der Waals surface area contributed by atoms with Gasteiger partial charge in [0.1, 0.15) is 17.2 Å². The molecular weight excluding hydrogens is 407 g/mol. The Bertz CT molecular complexity index is 1190. The number of carbonyl (C=O) groups excluding carboxylic acids is 1. The van der Waals surface area contributed by atoms with Crippen LogP contribution in [0.4, 0.5) is 15.9 Å². The first-order chi connectivity index (χ1) is 15.1. The number of hydrogen-bond acceptors (Lipinski definition) is 5. The number of nitrogens with zero attached hydrogens (tertiary/aromatic N) is 4. The first kappa shape index (κ1) is 21.5. The van der Waals surface area contributed by atoms with Crippen molar-refractivity contribution in [3.63, 3.8) is 0 Å². The molecule has 1 unspecified atom stereocenters. The quantitative estimate of drug-likeness (QED) is 0.639. The molecule has 0 fully saturated rings. The minimum Gasteiger partial charge on any atom is -0.369 e. The zero-order valence-corrected chi connectivity index (χ0v) is 18.6. The fourth-order valence-electron chi connectivity index (χ4n) is 4.02. The predicted octanol–water partition coefficient (Wildman–Crippen LogP) is 3.84. The lowest BCUT2D eigenvalue weighted by Gasteiger charge is -2.46. The Morgan fingerprint density at radius 2 is 1.81 bits per heavy atom. The molecule has 3 aromatic rings. The summed E-state index contributed by atoms with van der Waals surface area (Å²) >= 11 is 0. The number of benzene rings is 2. The normalized spacial score (nSPS) is 20.2. The zero-order valence-electron chi connectivity index (χ0n) is 18.6. The van der Waals surface area contributed by atoms with Crippen LogP contribution in [0.5, 0.6) is 0 Å². The van der Waals surface area contributed by atoms with E-state index in [1.807, 2.05) is 41.1 Å². The van der Waals surface area contributed by atoms with Gasteiger partial charge in [-0.3, -0.25) is 9.69 Å². The molecule has 1 aliphatic heterocycles. The smallest absolute Gasteiger partial charge is 0.237 e. The molecule has 1 aromatic heterocycles. The molecule has 0 saturated carbocycles. The highest BCUT2D eigenvalue weighted by Gasteiger charge is 2.53. The van der Waals surface area contributed by atoms with E-state index >= 15 is 4.39 Å².